The van der Waals surface area contributed by atoms with Crippen molar-refractivity contribution in [1.82, 2.24) is 15.5 Å². The standard InChI is InChI=1S/C49H96N4O6/c1-6-9-12-15-20-27-35-46(36-28-21-16-13-10-7-2)59-49(55)38-30-23-18-25-32-41-52(42-33-39-51-43-47(50-5)53(56)57)40-31-24-17-22-29-37-48(54)58-44-45(4)34-26-19-14-11-8-3/h43,45-46,50-51H,6-42,44H2,1-5H3. The van der Waals surface area contributed by atoms with E-state index in [4.69, 9.17) is 9.47 Å². The van der Waals surface area contributed by atoms with Crippen LogP contribution in [0.4, 0.5) is 0 Å². The molecule has 0 aromatic carbocycles. The smallest absolute Gasteiger partial charge is 0.331 e. The molecule has 1 unspecified atom stereocenters. The van der Waals surface area contributed by atoms with E-state index in [2.05, 4.69) is 43.2 Å². The van der Waals surface area contributed by atoms with Gasteiger partial charge in [-0.05, 0) is 94.7 Å². The molecule has 0 aliphatic carbocycles. The summed E-state index contributed by atoms with van der Waals surface area (Å²) in [5.74, 6) is 0.348. The lowest BCUT2D eigenvalue weighted by molar-refractivity contribution is -0.431. The maximum atomic E-state index is 12.8. The molecule has 0 radical (unpaired) electrons. The number of rotatable bonds is 46. The third-order valence-corrected chi connectivity index (χ3v) is 11.6. The van der Waals surface area contributed by atoms with Crippen molar-refractivity contribution in [1.29, 1.82) is 0 Å². The number of esters is 2. The summed E-state index contributed by atoms with van der Waals surface area (Å²) in [6.07, 6.45) is 38.9. The van der Waals surface area contributed by atoms with Crippen molar-refractivity contribution < 1.29 is 24.0 Å². The normalized spacial score (nSPS) is 12.3. The van der Waals surface area contributed by atoms with Gasteiger partial charge in [0.15, 0.2) is 0 Å². The van der Waals surface area contributed by atoms with Gasteiger partial charge in [-0.15, -0.1) is 0 Å². The van der Waals surface area contributed by atoms with E-state index < -0.39 is 4.92 Å². The number of hydrogen-bond acceptors (Lipinski definition) is 9. The van der Waals surface area contributed by atoms with Crippen molar-refractivity contribution in [2.75, 3.05) is 39.8 Å². The Bertz CT molecular complexity index is 980. The first-order valence-electron chi connectivity index (χ1n) is 25.1. The number of nitro groups is 1. The lowest BCUT2D eigenvalue weighted by Gasteiger charge is -2.22. The van der Waals surface area contributed by atoms with Crippen molar-refractivity contribution in [3.63, 3.8) is 0 Å². The van der Waals surface area contributed by atoms with Crippen LogP contribution in [0.1, 0.15) is 240 Å². The Morgan fingerprint density at radius 3 is 1.51 bits per heavy atom. The average molecular weight is 837 g/mol. The zero-order valence-electron chi connectivity index (χ0n) is 39.4. The van der Waals surface area contributed by atoms with Crippen LogP contribution in [0, 0.1) is 16.0 Å². The van der Waals surface area contributed by atoms with Gasteiger partial charge in [-0.25, -0.2) is 0 Å². The van der Waals surface area contributed by atoms with E-state index in [1.807, 2.05) is 0 Å². The number of unbranched alkanes of at least 4 members (excludes halogenated alkanes) is 22. The maximum absolute atomic E-state index is 12.8. The van der Waals surface area contributed by atoms with Gasteiger partial charge in [0.25, 0.3) is 0 Å². The largest absolute Gasteiger partial charge is 0.465 e. The summed E-state index contributed by atoms with van der Waals surface area (Å²) in [5, 5.41) is 16.8. The fraction of sp³-hybridized carbons (Fsp3) is 0.918. The van der Waals surface area contributed by atoms with E-state index in [0.29, 0.717) is 31.9 Å². The van der Waals surface area contributed by atoms with Gasteiger partial charge in [-0.1, -0.05) is 163 Å². The Kier molecular flexibility index (Phi) is 42.0. The van der Waals surface area contributed by atoms with Gasteiger partial charge >= 0.3 is 17.8 Å². The number of nitrogens with one attached hydrogen (secondary N) is 2. The summed E-state index contributed by atoms with van der Waals surface area (Å²) in [6, 6.07) is 0. The predicted molar refractivity (Wildman–Crippen MR) is 248 cm³/mol. The van der Waals surface area contributed by atoms with Crippen LogP contribution in [0.5, 0.6) is 0 Å². The molecule has 0 spiro atoms. The highest BCUT2D eigenvalue weighted by Gasteiger charge is 2.15. The molecule has 0 saturated carbocycles. The van der Waals surface area contributed by atoms with Gasteiger partial charge in [-0.2, -0.15) is 0 Å². The molecule has 59 heavy (non-hydrogen) atoms. The van der Waals surface area contributed by atoms with Crippen LogP contribution in [-0.4, -0.2) is 67.7 Å². The number of ether oxygens (including phenoxy) is 2. The van der Waals surface area contributed by atoms with E-state index >= 15 is 0 Å². The van der Waals surface area contributed by atoms with Crippen LogP contribution in [0.3, 0.4) is 0 Å². The summed E-state index contributed by atoms with van der Waals surface area (Å²) in [6.45, 7) is 13.2. The SMILES string of the molecule is CCCCCCCCC(CCCCCCCC)OC(=O)CCCCCCCN(CCCCCCCC(=O)OCC(C)CCCCCCC)CCCNC=C(NC)[N+](=O)[O-]. The fourth-order valence-electron chi connectivity index (χ4n) is 7.69. The Morgan fingerprint density at radius 1 is 0.593 bits per heavy atom. The topological polar surface area (TPSA) is 123 Å². The van der Waals surface area contributed by atoms with E-state index in [1.54, 1.807) is 7.05 Å². The Morgan fingerprint density at radius 2 is 1.02 bits per heavy atom. The van der Waals surface area contributed by atoms with Crippen LogP contribution < -0.4 is 10.6 Å². The van der Waals surface area contributed by atoms with E-state index in [9.17, 15) is 19.7 Å². The van der Waals surface area contributed by atoms with Crippen molar-refractivity contribution in [3.8, 4) is 0 Å². The third-order valence-electron chi connectivity index (χ3n) is 11.6. The van der Waals surface area contributed by atoms with Crippen molar-refractivity contribution in [2.24, 2.45) is 5.92 Å². The molecule has 0 saturated heterocycles. The predicted octanol–water partition coefficient (Wildman–Crippen LogP) is 13.2. The van der Waals surface area contributed by atoms with Crippen molar-refractivity contribution in [2.45, 2.75) is 246 Å². The van der Waals surface area contributed by atoms with Crippen molar-refractivity contribution >= 4 is 11.9 Å². The second-order valence-electron chi connectivity index (χ2n) is 17.4. The molecule has 10 nitrogen and oxygen atoms in total. The minimum absolute atomic E-state index is 0.00462. The second kappa shape index (κ2) is 43.7. The molecule has 0 aliphatic rings. The summed E-state index contributed by atoms with van der Waals surface area (Å²) < 4.78 is 11.6. The number of carbonyl (C=O) groups excluding carboxylic acids is 2. The summed E-state index contributed by atoms with van der Waals surface area (Å²) in [5.41, 5.74) is 0. The molecule has 0 heterocycles. The van der Waals surface area contributed by atoms with Crippen LogP contribution in [-0.2, 0) is 19.1 Å². The van der Waals surface area contributed by atoms with Gasteiger partial charge < -0.3 is 29.8 Å². The first-order valence-corrected chi connectivity index (χ1v) is 25.1. The molecule has 10 heteroatoms. The van der Waals surface area contributed by atoms with Gasteiger partial charge in [0.1, 0.15) is 6.10 Å². The minimum atomic E-state index is -0.422. The molecule has 1 atom stereocenters. The highest BCUT2D eigenvalue weighted by atomic mass is 16.6. The summed E-state index contributed by atoms with van der Waals surface area (Å²) in [4.78, 5) is 38.3. The zero-order chi connectivity index (χ0) is 43.4. The van der Waals surface area contributed by atoms with Gasteiger partial charge in [-0.3, -0.25) is 14.9 Å². The van der Waals surface area contributed by atoms with Crippen LogP contribution in [0.15, 0.2) is 12.0 Å². The van der Waals surface area contributed by atoms with E-state index in [0.717, 1.165) is 122 Å². The first-order chi connectivity index (χ1) is 28.8. The molecule has 0 rings (SSSR count). The number of nitrogens with zero attached hydrogens (tertiary/aromatic N) is 2. The summed E-state index contributed by atoms with van der Waals surface area (Å²) in [7, 11) is 1.55. The van der Waals surface area contributed by atoms with Crippen LogP contribution in [0.25, 0.3) is 0 Å². The molecular formula is C49H96N4O6. The van der Waals surface area contributed by atoms with Gasteiger partial charge in [0.2, 0.25) is 0 Å². The second-order valence-corrected chi connectivity index (χ2v) is 17.4. The van der Waals surface area contributed by atoms with E-state index in [1.165, 1.54) is 103 Å². The monoisotopic (exact) mass is 837 g/mol. The third kappa shape index (κ3) is 39.5. The highest BCUT2D eigenvalue weighted by Crippen LogP contribution is 2.19. The van der Waals surface area contributed by atoms with E-state index in [-0.39, 0.29) is 23.9 Å². The zero-order valence-corrected chi connectivity index (χ0v) is 39.4. The Balaban J connectivity index is 4.52. The van der Waals surface area contributed by atoms with Crippen LogP contribution >= 0.6 is 0 Å². The fourth-order valence-corrected chi connectivity index (χ4v) is 7.69. The molecule has 0 aromatic rings. The molecule has 0 aromatic heterocycles. The quantitative estimate of drug-likeness (QED) is 0.0267. The van der Waals surface area contributed by atoms with Gasteiger partial charge in [0.05, 0.1) is 19.9 Å². The summed E-state index contributed by atoms with van der Waals surface area (Å²) >= 11 is 0. The maximum Gasteiger partial charge on any atom is 0.331 e. The number of hydrogen-bond donors (Lipinski definition) is 2. The van der Waals surface area contributed by atoms with Gasteiger partial charge in [0, 0.05) is 19.4 Å². The number of carbonyl (C=O) groups is 2. The molecule has 0 amide bonds. The molecule has 0 aliphatic heterocycles. The molecule has 0 fully saturated rings. The Hall–Kier alpha value is -2.36. The molecule has 0 bridgehead atoms. The highest BCUT2D eigenvalue weighted by molar-refractivity contribution is 5.69. The minimum Gasteiger partial charge on any atom is -0.465 e. The average Bonchev–Trinajstić information content (AvgIpc) is 3.22. The lowest BCUT2D eigenvalue weighted by atomic mass is 10.0. The first kappa shape index (κ1) is 56.6. The molecule has 348 valence electrons. The molecule has 2 N–H and O–H groups in total. The molecular weight excluding hydrogens is 741 g/mol. The van der Waals surface area contributed by atoms with Crippen molar-refractivity contribution in [3.05, 3.63) is 22.1 Å². The van der Waals surface area contributed by atoms with Crippen LogP contribution in [0.2, 0.25) is 0 Å². The Labute approximate surface area is 364 Å². The lowest BCUT2D eigenvalue weighted by Crippen LogP contribution is -2.29.